The summed E-state index contributed by atoms with van der Waals surface area (Å²) in [6, 6.07) is 9.20. The van der Waals surface area contributed by atoms with Crippen LogP contribution in [-0.2, 0) is 17.3 Å². The van der Waals surface area contributed by atoms with Crippen LogP contribution in [0.15, 0.2) is 34.7 Å². The minimum absolute atomic E-state index is 0.505. The van der Waals surface area contributed by atoms with E-state index in [0.717, 1.165) is 17.1 Å². The molecule has 0 fully saturated rings. The lowest BCUT2D eigenvalue weighted by atomic mass is 10.2. The molecule has 0 amide bonds. The molecule has 20 heavy (non-hydrogen) atoms. The summed E-state index contributed by atoms with van der Waals surface area (Å²) in [5.41, 5.74) is 0.889. The van der Waals surface area contributed by atoms with Crippen LogP contribution < -0.4 is 5.32 Å². The molecule has 1 N–H and O–H groups in total. The second-order valence-corrected chi connectivity index (χ2v) is 6.72. The van der Waals surface area contributed by atoms with Gasteiger partial charge in [0.05, 0.1) is 16.6 Å². The molecule has 1 aromatic carbocycles. The quantitative estimate of drug-likeness (QED) is 0.820. The highest BCUT2D eigenvalue weighted by Gasteiger charge is 2.07. The van der Waals surface area contributed by atoms with Crippen molar-refractivity contribution in [3.8, 4) is 11.3 Å². The van der Waals surface area contributed by atoms with Gasteiger partial charge in [-0.25, -0.2) is 0 Å². The molecule has 6 heteroatoms. The van der Waals surface area contributed by atoms with Crippen molar-refractivity contribution >= 4 is 34.0 Å². The van der Waals surface area contributed by atoms with Crippen molar-refractivity contribution in [1.82, 2.24) is 5.32 Å². The maximum atomic E-state index is 10.9. The zero-order valence-corrected chi connectivity index (χ0v) is 13.3. The first-order valence-corrected chi connectivity index (χ1v) is 8.59. The number of hydrogen-bond donors (Lipinski definition) is 1. The zero-order chi connectivity index (χ0) is 14.5. The smallest absolute Gasteiger partial charge is 0.134 e. The molecule has 0 saturated heterocycles. The fourth-order valence-electron chi connectivity index (χ4n) is 1.70. The molecule has 3 nitrogen and oxygen atoms in total. The molecular formula is C14H15Cl2NO2S. The van der Waals surface area contributed by atoms with Gasteiger partial charge in [-0.2, -0.15) is 0 Å². The lowest BCUT2D eigenvalue weighted by molar-refractivity contribution is 0.499. The lowest BCUT2D eigenvalue weighted by Gasteiger charge is -2.02. The van der Waals surface area contributed by atoms with Gasteiger partial charge < -0.3 is 9.73 Å². The van der Waals surface area contributed by atoms with Gasteiger partial charge in [0.15, 0.2) is 0 Å². The Balaban J connectivity index is 1.97. The average molecular weight is 332 g/mol. The molecule has 0 aliphatic rings. The van der Waals surface area contributed by atoms with E-state index in [9.17, 15) is 4.21 Å². The summed E-state index contributed by atoms with van der Waals surface area (Å²) in [7, 11) is -0.773. The number of hydrogen-bond acceptors (Lipinski definition) is 3. The monoisotopic (exact) mass is 331 g/mol. The fraction of sp³-hybridized carbons (Fsp3) is 0.286. The maximum absolute atomic E-state index is 10.9. The summed E-state index contributed by atoms with van der Waals surface area (Å²) in [5.74, 6) is 2.22. The Morgan fingerprint density at radius 3 is 2.70 bits per heavy atom. The number of benzene rings is 1. The van der Waals surface area contributed by atoms with Crippen LogP contribution in [0, 0.1) is 0 Å². The molecule has 1 aromatic heterocycles. The summed E-state index contributed by atoms with van der Waals surface area (Å²) in [5, 5.41) is 4.21. The van der Waals surface area contributed by atoms with Crippen molar-refractivity contribution in [1.29, 1.82) is 0 Å². The van der Waals surface area contributed by atoms with E-state index in [-0.39, 0.29) is 0 Å². The third kappa shape index (κ3) is 4.35. The van der Waals surface area contributed by atoms with E-state index in [4.69, 9.17) is 27.6 Å². The van der Waals surface area contributed by atoms with E-state index in [0.29, 0.717) is 28.9 Å². The van der Waals surface area contributed by atoms with E-state index in [1.54, 1.807) is 18.4 Å². The molecule has 1 atom stereocenters. The molecule has 2 aromatic rings. The summed E-state index contributed by atoms with van der Waals surface area (Å²) in [6.07, 6.45) is 1.69. The van der Waals surface area contributed by atoms with Crippen LogP contribution in [0.3, 0.4) is 0 Å². The molecule has 1 unspecified atom stereocenters. The molecule has 0 aliphatic carbocycles. The number of halogens is 2. The second-order valence-electron chi connectivity index (χ2n) is 4.35. The highest BCUT2D eigenvalue weighted by atomic mass is 35.5. The van der Waals surface area contributed by atoms with Gasteiger partial charge in [-0.3, -0.25) is 4.21 Å². The van der Waals surface area contributed by atoms with Crippen LogP contribution in [0.2, 0.25) is 10.0 Å². The van der Waals surface area contributed by atoms with Crippen LogP contribution in [0.5, 0.6) is 0 Å². The van der Waals surface area contributed by atoms with E-state index in [2.05, 4.69) is 5.32 Å². The molecule has 1 heterocycles. The van der Waals surface area contributed by atoms with Gasteiger partial charge in [0.2, 0.25) is 0 Å². The Labute approximate surface area is 130 Å². The fourth-order valence-corrected chi connectivity index (χ4v) is 2.43. The summed E-state index contributed by atoms with van der Waals surface area (Å²) < 4.78 is 16.7. The van der Waals surface area contributed by atoms with E-state index < -0.39 is 10.8 Å². The Morgan fingerprint density at radius 1 is 1.20 bits per heavy atom. The number of rotatable bonds is 6. The van der Waals surface area contributed by atoms with Crippen molar-refractivity contribution in [3.05, 3.63) is 46.1 Å². The topological polar surface area (TPSA) is 42.2 Å². The molecule has 0 bridgehead atoms. The van der Waals surface area contributed by atoms with Gasteiger partial charge in [0.25, 0.3) is 0 Å². The van der Waals surface area contributed by atoms with Crippen LogP contribution in [-0.4, -0.2) is 22.8 Å². The van der Waals surface area contributed by atoms with Crippen LogP contribution >= 0.6 is 23.2 Å². The van der Waals surface area contributed by atoms with Gasteiger partial charge in [0.1, 0.15) is 11.5 Å². The maximum Gasteiger partial charge on any atom is 0.134 e. The van der Waals surface area contributed by atoms with Crippen LogP contribution in [0.4, 0.5) is 0 Å². The largest absolute Gasteiger partial charge is 0.460 e. The summed E-state index contributed by atoms with van der Waals surface area (Å²) in [4.78, 5) is 0. The first-order chi connectivity index (χ1) is 9.56. The molecule has 0 saturated carbocycles. The predicted octanol–water partition coefficient (Wildman–Crippen LogP) is 3.72. The standard InChI is InChI=1S/C14H15Cl2NO2S/c1-20(18)7-6-17-9-11-3-5-14(19-11)10-2-4-12(15)13(16)8-10/h2-5,8,17H,6-7,9H2,1H3. The van der Waals surface area contributed by atoms with Crippen molar-refractivity contribution in [2.45, 2.75) is 6.54 Å². The normalized spacial score (nSPS) is 12.6. The highest BCUT2D eigenvalue weighted by molar-refractivity contribution is 7.84. The Hall–Kier alpha value is -0.810. The zero-order valence-electron chi connectivity index (χ0n) is 11.0. The summed E-state index contributed by atoms with van der Waals surface area (Å²) in [6.45, 7) is 1.31. The van der Waals surface area contributed by atoms with E-state index in [1.165, 1.54) is 0 Å². The third-order valence-corrected chi connectivity index (χ3v) is 4.25. The van der Waals surface area contributed by atoms with Gasteiger partial charge >= 0.3 is 0 Å². The lowest BCUT2D eigenvalue weighted by Crippen LogP contribution is -2.19. The first-order valence-electron chi connectivity index (χ1n) is 6.11. The van der Waals surface area contributed by atoms with Gasteiger partial charge in [0, 0.05) is 34.9 Å². The molecule has 0 spiro atoms. The average Bonchev–Trinajstić information content (AvgIpc) is 2.86. The SMILES string of the molecule is CS(=O)CCNCc1ccc(-c2ccc(Cl)c(Cl)c2)o1. The predicted molar refractivity (Wildman–Crippen MR) is 84.8 cm³/mol. The molecule has 108 valence electrons. The Kier molecular flexibility index (Phi) is 5.66. The highest BCUT2D eigenvalue weighted by Crippen LogP contribution is 2.29. The van der Waals surface area contributed by atoms with Crippen LogP contribution in [0.1, 0.15) is 5.76 Å². The minimum atomic E-state index is -0.773. The van der Waals surface area contributed by atoms with Crippen molar-refractivity contribution < 1.29 is 8.63 Å². The third-order valence-electron chi connectivity index (χ3n) is 2.73. The molecule has 0 radical (unpaired) electrons. The summed E-state index contributed by atoms with van der Waals surface area (Å²) >= 11 is 11.9. The van der Waals surface area contributed by atoms with Crippen molar-refractivity contribution in [2.75, 3.05) is 18.6 Å². The van der Waals surface area contributed by atoms with Crippen LogP contribution in [0.25, 0.3) is 11.3 Å². The minimum Gasteiger partial charge on any atom is -0.460 e. The van der Waals surface area contributed by atoms with Gasteiger partial charge in [-0.05, 0) is 30.3 Å². The Morgan fingerprint density at radius 2 is 2.00 bits per heavy atom. The number of nitrogens with one attached hydrogen (secondary N) is 1. The molecule has 2 rings (SSSR count). The van der Waals surface area contributed by atoms with Crippen molar-refractivity contribution in [2.24, 2.45) is 0 Å². The van der Waals surface area contributed by atoms with E-state index >= 15 is 0 Å². The molecular weight excluding hydrogens is 317 g/mol. The van der Waals surface area contributed by atoms with Crippen molar-refractivity contribution in [3.63, 3.8) is 0 Å². The van der Waals surface area contributed by atoms with E-state index in [1.807, 2.05) is 18.2 Å². The number of furan rings is 1. The second kappa shape index (κ2) is 7.27. The Bertz CT molecular complexity index is 613. The first kappa shape index (κ1) is 15.6. The molecule has 0 aliphatic heterocycles. The van der Waals surface area contributed by atoms with Gasteiger partial charge in [-0.15, -0.1) is 0 Å². The van der Waals surface area contributed by atoms with Gasteiger partial charge in [-0.1, -0.05) is 23.2 Å².